The van der Waals surface area contributed by atoms with Gasteiger partial charge >= 0.3 is 0 Å². The first-order valence-corrected chi connectivity index (χ1v) is 7.15. The first-order valence-electron chi connectivity index (χ1n) is 6.27. The van der Waals surface area contributed by atoms with E-state index in [9.17, 15) is 0 Å². The van der Waals surface area contributed by atoms with Gasteiger partial charge in [-0.1, -0.05) is 5.57 Å². The molecule has 18 heavy (non-hydrogen) atoms. The lowest BCUT2D eigenvalue weighted by Crippen LogP contribution is -2.35. The summed E-state index contributed by atoms with van der Waals surface area (Å²) in [4.78, 5) is 4.54. The molecular formula is C14H24N2OS. The number of ether oxygens (including phenoxy) is 1. The fourth-order valence-corrected chi connectivity index (χ4v) is 1.98. The average molecular weight is 268 g/mol. The van der Waals surface area contributed by atoms with Gasteiger partial charge in [0, 0.05) is 17.5 Å². The van der Waals surface area contributed by atoms with E-state index in [0.717, 1.165) is 35.8 Å². The van der Waals surface area contributed by atoms with E-state index in [1.807, 2.05) is 6.92 Å². The molecule has 0 atom stereocenters. The van der Waals surface area contributed by atoms with Crippen molar-refractivity contribution in [3.63, 3.8) is 0 Å². The molecule has 0 spiro atoms. The summed E-state index contributed by atoms with van der Waals surface area (Å²) in [6.07, 6.45) is 0.919. The lowest BCUT2D eigenvalue weighted by Gasteiger charge is -2.19. The summed E-state index contributed by atoms with van der Waals surface area (Å²) in [5.41, 5.74) is 2.31. The molecule has 0 fully saturated rings. The molecule has 0 aliphatic heterocycles. The van der Waals surface area contributed by atoms with Gasteiger partial charge in [-0.2, -0.15) is 0 Å². The summed E-state index contributed by atoms with van der Waals surface area (Å²) >= 11 is 1.68. The summed E-state index contributed by atoms with van der Waals surface area (Å²) in [6.45, 7) is 14.5. The van der Waals surface area contributed by atoms with Crippen LogP contribution in [0.25, 0.3) is 0 Å². The fourth-order valence-electron chi connectivity index (χ4n) is 1.26. The molecule has 0 aromatic carbocycles. The Kier molecular flexibility index (Phi) is 5.99. The van der Waals surface area contributed by atoms with Gasteiger partial charge in [-0.3, -0.25) is 0 Å². The minimum absolute atomic E-state index is 0.129. The van der Waals surface area contributed by atoms with Gasteiger partial charge in [0.05, 0.1) is 18.9 Å². The molecule has 0 unspecified atom stereocenters. The molecule has 0 amide bonds. The van der Waals surface area contributed by atoms with E-state index in [0.29, 0.717) is 6.61 Å². The summed E-state index contributed by atoms with van der Waals surface area (Å²) in [7, 11) is 0. The summed E-state index contributed by atoms with van der Waals surface area (Å²) in [6, 6.07) is 0. The van der Waals surface area contributed by atoms with Crippen molar-refractivity contribution >= 4 is 11.3 Å². The standard InChI is InChI=1S/C14H24N2OS/c1-11(2)6-7-17-9-12-10-18-13(16-12)8-15-14(3,4)5/h10,15H,1,6-9H2,2-5H3. The van der Waals surface area contributed by atoms with Gasteiger partial charge in [-0.05, 0) is 34.1 Å². The highest BCUT2D eigenvalue weighted by molar-refractivity contribution is 7.09. The Morgan fingerprint density at radius 2 is 2.22 bits per heavy atom. The Hall–Kier alpha value is -0.710. The molecule has 0 saturated carbocycles. The molecule has 0 aliphatic rings. The molecule has 102 valence electrons. The molecule has 4 heteroatoms. The monoisotopic (exact) mass is 268 g/mol. The predicted octanol–water partition coefficient (Wildman–Crippen LogP) is 3.51. The van der Waals surface area contributed by atoms with Crippen LogP contribution in [0.15, 0.2) is 17.5 Å². The van der Waals surface area contributed by atoms with Crippen LogP contribution < -0.4 is 5.32 Å². The van der Waals surface area contributed by atoms with Crippen LogP contribution in [0.2, 0.25) is 0 Å². The lowest BCUT2D eigenvalue weighted by atomic mass is 10.1. The van der Waals surface area contributed by atoms with Crippen LogP contribution in [-0.2, 0) is 17.9 Å². The van der Waals surface area contributed by atoms with E-state index in [1.54, 1.807) is 11.3 Å². The zero-order chi connectivity index (χ0) is 13.6. The molecule has 0 aliphatic carbocycles. The Morgan fingerprint density at radius 1 is 1.50 bits per heavy atom. The molecule has 1 aromatic rings. The van der Waals surface area contributed by atoms with Crippen LogP contribution in [0.4, 0.5) is 0 Å². The second-order valence-electron chi connectivity index (χ2n) is 5.60. The van der Waals surface area contributed by atoms with Crippen LogP contribution in [0.1, 0.15) is 44.8 Å². The molecule has 1 rings (SSSR count). The van der Waals surface area contributed by atoms with E-state index in [1.165, 1.54) is 0 Å². The largest absolute Gasteiger partial charge is 0.375 e. The van der Waals surface area contributed by atoms with Gasteiger partial charge in [-0.25, -0.2) is 4.98 Å². The van der Waals surface area contributed by atoms with E-state index in [2.05, 4.69) is 43.0 Å². The summed E-state index contributed by atoms with van der Waals surface area (Å²) in [5, 5.41) is 6.61. The highest BCUT2D eigenvalue weighted by Crippen LogP contribution is 2.12. The number of nitrogens with zero attached hydrogens (tertiary/aromatic N) is 1. The normalized spacial score (nSPS) is 11.8. The van der Waals surface area contributed by atoms with Crippen molar-refractivity contribution in [2.75, 3.05) is 6.61 Å². The molecule has 0 saturated heterocycles. The maximum atomic E-state index is 5.55. The smallest absolute Gasteiger partial charge is 0.107 e. The Morgan fingerprint density at radius 3 is 2.83 bits per heavy atom. The van der Waals surface area contributed by atoms with Crippen LogP contribution >= 0.6 is 11.3 Å². The molecule has 1 heterocycles. The molecule has 0 bridgehead atoms. The second kappa shape index (κ2) is 7.02. The lowest BCUT2D eigenvalue weighted by molar-refractivity contribution is 0.121. The average Bonchev–Trinajstić information content (AvgIpc) is 2.68. The SMILES string of the molecule is C=C(C)CCOCc1csc(CNC(C)(C)C)n1. The Bertz CT molecular complexity index is 379. The molecule has 1 N–H and O–H groups in total. The van der Waals surface area contributed by atoms with Gasteiger partial charge in [0.15, 0.2) is 0 Å². The topological polar surface area (TPSA) is 34.1 Å². The zero-order valence-corrected chi connectivity index (χ0v) is 12.7. The highest BCUT2D eigenvalue weighted by atomic mass is 32.1. The quantitative estimate of drug-likeness (QED) is 0.607. The van der Waals surface area contributed by atoms with Crippen LogP contribution in [0, 0.1) is 0 Å². The number of nitrogens with one attached hydrogen (secondary N) is 1. The van der Waals surface area contributed by atoms with E-state index < -0.39 is 0 Å². The molecule has 1 aromatic heterocycles. The van der Waals surface area contributed by atoms with Crippen molar-refractivity contribution in [1.29, 1.82) is 0 Å². The first-order chi connectivity index (χ1) is 8.37. The summed E-state index contributed by atoms with van der Waals surface area (Å²) < 4.78 is 5.55. The van der Waals surface area contributed by atoms with Crippen LogP contribution in [0.3, 0.4) is 0 Å². The van der Waals surface area contributed by atoms with Gasteiger partial charge in [0.1, 0.15) is 5.01 Å². The van der Waals surface area contributed by atoms with Crippen molar-refractivity contribution in [2.45, 2.75) is 52.8 Å². The Balaban J connectivity index is 2.28. The number of thiazole rings is 1. The molecular weight excluding hydrogens is 244 g/mol. The maximum absolute atomic E-state index is 5.55. The third kappa shape index (κ3) is 6.89. The van der Waals surface area contributed by atoms with Gasteiger partial charge in [0.2, 0.25) is 0 Å². The van der Waals surface area contributed by atoms with Gasteiger partial charge in [0.25, 0.3) is 0 Å². The zero-order valence-electron chi connectivity index (χ0n) is 11.9. The first kappa shape index (κ1) is 15.3. The van der Waals surface area contributed by atoms with E-state index in [-0.39, 0.29) is 5.54 Å². The van der Waals surface area contributed by atoms with Crippen molar-refractivity contribution in [1.82, 2.24) is 10.3 Å². The number of rotatable bonds is 7. The van der Waals surface area contributed by atoms with E-state index >= 15 is 0 Å². The maximum Gasteiger partial charge on any atom is 0.107 e. The third-order valence-corrected chi connectivity index (χ3v) is 3.19. The molecule has 3 nitrogen and oxygen atoms in total. The van der Waals surface area contributed by atoms with Crippen molar-refractivity contribution < 1.29 is 4.74 Å². The number of hydrogen-bond acceptors (Lipinski definition) is 4. The van der Waals surface area contributed by atoms with Crippen LogP contribution in [0.5, 0.6) is 0 Å². The number of aromatic nitrogens is 1. The fraction of sp³-hybridized carbons (Fsp3) is 0.643. The summed E-state index contributed by atoms with van der Waals surface area (Å²) in [5.74, 6) is 0. The third-order valence-electron chi connectivity index (χ3n) is 2.29. The molecule has 0 radical (unpaired) electrons. The van der Waals surface area contributed by atoms with Gasteiger partial charge < -0.3 is 10.1 Å². The van der Waals surface area contributed by atoms with Crippen molar-refractivity contribution in [2.24, 2.45) is 0 Å². The predicted molar refractivity (Wildman–Crippen MR) is 77.8 cm³/mol. The van der Waals surface area contributed by atoms with Crippen molar-refractivity contribution in [3.05, 3.63) is 28.2 Å². The minimum Gasteiger partial charge on any atom is -0.375 e. The van der Waals surface area contributed by atoms with Crippen molar-refractivity contribution in [3.8, 4) is 0 Å². The van der Waals surface area contributed by atoms with E-state index in [4.69, 9.17) is 4.74 Å². The number of hydrogen-bond donors (Lipinski definition) is 1. The van der Waals surface area contributed by atoms with Crippen LogP contribution in [-0.4, -0.2) is 17.1 Å². The second-order valence-corrected chi connectivity index (χ2v) is 6.54. The highest BCUT2D eigenvalue weighted by Gasteiger charge is 2.10. The minimum atomic E-state index is 0.129. The Labute approximate surface area is 114 Å². The van der Waals surface area contributed by atoms with Gasteiger partial charge in [-0.15, -0.1) is 17.9 Å².